The molecule has 0 aliphatic carbocycles. The van der Waals surface area contributed by atoms with Crippen LogP contribution in [0.15, 0.2) is 0 Å². The van der Waals surface area contributed by atoms with Gasteiger partial charge in [-0.2, -0.15) is 0 Å². The number of hydrogen-bond acceptors (Lipinski definition) is 2. The predicted molar refractivity (Wildman–Crippen MR) is 101 cm³/mol. The summed E-state index contributed by atoms with van der Waals surface area (Å²) >= 11 is 0. The third kappa shape index (κ3) is 18.3. The zero-order valence-corrected chi connectivity index (χ0v) is 16.4. The highest BCUT2D eigenvalue weighted by Crippen LogP contribution is 2.39. The highest BCUT2D eigenvalue weighted by atomic mass is 31.2. The molecule has 1 unspecified atom stereocenters. The SMILES string of the molecule is CCCCCCCCCCCCCCCCCCP(=O)(O)CO. The largest absolute Gasteiger partial charge is 0.386 e. The van der Waals surface area contributed by atoms with Crippen LogP contribution in [0.1, 0.15) is 110 Å². The highest BCUT2D eigenvalue weighted by Gasteiger charge is 2.14. The smallest absolute Gasteiger partial charge is 0.225 e. The average molecular weight is 349 g/mol. The van der Waals surface area contributed by atoms with Crippen LogP contribution < -0.4 is 0 Å². The van der Waals surface area contributed by atoms with Crippen LogP contribution >= 0.6 is 7.37 Å². The zero-order valence-electron chi connectivity index (χ0n) is 15.5. The van der Waals surface area contributed by atoms with Crippen molar-refractivity contribution in [2.75, 3.05) is 12.5 Å². The molecule has 0 amide bonds. The van der Waals surface area contributed by atoms with Gasteiger partial charge in [0.15, 0.2) is 0 Å². The molecule has 0 aromatic heterocycles. The molecule has 1 atom stereocenters. The van der Waals surface area contributed by atoms with Crippen molar-refractivity contribution in [3.63, 3.8) is 0 Å². The molecule has 0 spiro atoms. The first-order valence-electron chi connectivity index (χ1n) is 10.0. The predicted octanol–water partition coefficient (Wildman–Crippen LogP) is 6.47. The second-order valence-electron chi connectivity index (χ2n) is 7.01. The second kappa shape index (κ2) is 17.0. The molecule has 23 heavy (non-hydrogen) atoms. The van der Waals surface area contributed by atoms with E-state index in [9.17, 15) is 9.46 Å². The van der Waals surface area contributed by atoms with Gasteiger partial charge in [-0.3, -0.25) is 4.57 Å². The van der Waals surface area contributed by atoms with E-state index in [1.165, 1.54) is 83.5 Å². The van der Waals surface area contributed by atoms with E-state index in [0.717, 1.165) is 19.3 Å². The molecule has 2 N–H and O–H groups in total. The van der Waals surface area contributed by atoms with Gasteiger partial charge in [0.1, 0.15) is 6.35 Å². The molecular weight excluding hydrogens is 307 g/mol. The molecule has 0 aliphatic heterocycles. The fraction of sp³-hybridized carbons (Fsp3) is 1.00. The van der Waals surface area contributed by atoms with Gasteiger partial charge in [-0.05, 0) is 6.42 Å². The summed E-state index contributed by atoms with van der Waals surface area (Å²) in [5, 5.41) is 8.71. The molecule has 0 saturated heterocycles. The van der Waals surface area contributed by atoms with Crippen molar-refractivity contribution in [1.82, 2.24) is 0 Å². The lowest BCUT2D eigenvalue weighted by molar-refractivity contribution is 0.332. The van der Waals surface area contributed by atoms with Crippen LogP contribution in [0.3, 0.4) is 0 Å². The Bertz CT molecular complexity index is 282. The van der Waals surface area contributed by atoms with Crippen LogP contribution in [0, 0.1) is 0 Å². The minimum Gasteiger partial charge on any atom is -0.386 e. The van der Waals surface area contributed by atoms with Crippen LogP contribution in [0.2, 0.25) is 0 Å². The molecule has 0 heterocycles. The van der Waals surface area contributed by atoms with Gasteiger partial charge in [-0.25, -0.2) is 0 Å². The Morgan fingerprint density at radius 2 is 0.913 bits per heavy atom. The summed E-state index contributed by atoms with van der Waals surface area (Å²) in [6.07, 6.45) is 20.6. The van der Waals surface area contributed by atoms with E-state index in [1.807, 2.05) is 0 Å². The van der Waals surface area contributed by atoms with Crippen molar-refractivity contribution in [3.8, 4) is 0 Å². The number of unbranched alkanes of at least 4 members (excludes halogenated alkanes) is 15. The molecular formula is C19H41O3P. The molecule has 0 fully saturated rings. The third-order valence-corrected chi connectivity index (χ3v) is 6.04. The summed E-state index contributed by atoms with van der Waals surface area (Å²) in [5.74, 6) is 0. The highest BCUT2D eigenvalue weighted by molar-refractivity contribution is 7.57. The van der Waals surface area contributed by atoms with Crippen molar-refractivity contribution in [3.05, 3.63) is 0 Å². The van der Waals surface area contributed by atoms with Gasteiger partial charge >= 0.3 is 0 Å². The summed E-state index contributed by atoms with van der Waals surface area (Å²) < 4.78 is 11.2. The van der Waals surface area contributed by atoms with Gasteiger partial charge in [-0.15, -0.1) is 0 Å². The third-order valence-electron chi connectivity index (χ3n) is 4.58. The van der Waals surface area contributed by atoms with E-state index in [4.69, 9.17) is 5.11 Å². The lowest BCUT2D eigenvalue weighted by atomic mass is 10.0. The number of hydrogen-bond donors (Lipinski definition) is 2. The molecule has 3 nitrogen and oxygen atoms in total. The molecule has 0 bridgehead atoms. The van der Waals surface area contributed by atoms with Gasteiger partial charge in [0.2, 0.25) is 7.37 Å². The van der Waals surface area contributed by atoms with Crippen molar-refractivity contribution in [1.29, 1.82) is 0 Å². The van der Waals surface area contributed by atoms with Gasteiger partial charge in [0, 0.05) is 6.16 Å². The number of aliphatic hydroxyl groups excluding tert-OH is 1. The van der Waals surface area contributed by atoms with Gasteiger partial charge < -0.3 is 10.00 Å². The average Bonchev–Trinajstić information content (AvgIpc) is 2.54. The fourth-order valence-electron chi connectivity index (χ4n) is 2.98. The molecule has 0 radical (unpaired) electrons. The van der Waals surface area contributed by atoms with Crippen molar-refractivity contribution < 1.29 is 14.6 Å². The standard InChI is InChI=1S/C19H41O3P/c1-2-3-4-5-6-7-8-9-10-11-12-13-14-15-16-17-18-23(21,22)19-20/h20H,2-19H2,1H3,(H,21,22). The number of aliphatic hydroxyl groups is 1. The molecule has 0 aromatic rings. The van der Waals surface area contributed by atoms with Crippen LogP contribution in [-0.2, 0) is 4.57 Å². The van der Waals surface area contributed by atoms with Crippen LogP contribution in [-0.4, -0.2) is 22.5 Å². The molecule has 0 aliphatic rings. The van der Waals surface area contributed by atoms with Crippen molar-refractivity contribution in [2.24, 2.45) is 0 Å². The van der Waals surface area contributed by atoms with Gasteiger partial charge in [0.25, 0.3) is 0 Å². The fourth-order valence-corrected chi connectivity index (χ4v) is 3.84. The monoisotopic (exact) mass is 348 g/mol. The van der Waals surface area contributed by atoms with Gasteiger partial charge in [0.05, 0.1) is 0 Å². The first-order chi connectivity index (χ1) is 11.1. The Labute approximate surface area is 144 Å². The summed E-state index contributed by atoms with van der Waals surface area (Å²) in [6, 6.07) is 0. The van der Waals surface area contributed by atoms with E-state index in [0.29, 0.717) is 0 Å². The lowest BCUT2D eigenvalue weighted by Crippen LogP contribution is -1.93. The van der Waals surface area contributed by atoms with E-state index in [2.05, 4.69) is 6.92 Å². The Morgan fingerprint density at radius 1 is 0.609 bits per heavy atom. The summed E-state index contributed by atoms with van der Waals surface area (Å²) in [6.45, 7) is 2.27. The lowest BCUT2D eigenvalue weighted by Gasteiger charge is -2.07. The quantitative estimate of drug-likeness (QED) is 0.220. The Balaban J connectivity index is 3.07. The first-order valence-corrected chi connectivity index (χ1v) is 12.1. The van der Waals surface area contributed by atoms with Crippen LogP contribution in [0.25, 0.3) is 0 Å². The normalized spacial score (nSPS) is 14.0. The molecule has 140 valence electrons. The zero-order chi connectivity index (χ0) is 17.2. The van der Waals surface area contributed by atoms with Crippen molar-refractivity contribution in [2.45, 2.75) is 110 Å². The summed E-state index contributed by atoms with van der Waals surface area (Å²) in [4.78, 5) is 9.24. The van der Waals surface area contributed by atoms with Crippen LogP contribution in [0.4, 0.5) is 0 Å². The molecule has 0 saturated carbocycles. The minimum atomic E-state index is -3.21. The maximum atomic E-state index is 11.2. The summed E-state index contributed by atoms with van der Waals surface area (Å²) in [5.41, 5.74) is 0. The van der Waals surface area contributed by atoms with Crippen LogP contribution in [0.5, 0.6) is 0 Å². The van der Waals surface area contributed by atoms with E-state index in [1.54, 1.807) is 0 Å². The molecule has 4 heteroatoms. The first kappa shape index (κ1) is 23.1. The topological polar surface area (TPSA) is 57.5 Å². The summed E-state index contributed by atoms with van der Waals surface area (Å²) in [7, 11) is -3.21. The molecule has 0 rings (SSSR count). The second-order valence-corrected chi connectivity index (χ2v) is 9.44. The number of rotatable bonds is 18. The Hall–Kier alpha value is 0.150. The van der Waals surface area contributed by atoms with Gasteiger partial charge in [-0.1, -0.05) is 103 Å². The van der Waals surface area contributed by atoms with E-state index < -0.39 is 13.7 Å². The van der Waals surface area contributed by atoms with E-state index >= 15 is 0 Å². The Morgan fingerprint density at radius 3 is 1.22 bits per heavy atom. The van der Waals surface area contributed by atoms with E-state index in [-0.39, 0.29) is 6.16 Å². The maximum absolute atomic E-state index is 11.2. The molecule has 0 aromatic carbocycles. The van der Waals surface area contributed by atoms with Crippen molar-refractivity contribution >= 4 is 7.37 Å². The Kier molecular flexibility index (Phi) is 17.1. The minimum absolute atomic E-state index is 0.280. The maximum Gasteiger partial charge on any atom is 0.225 e.